The van der Waals surface area contributed by atoms with Crippen LogP contribution < -0.4 is 16.4 Å². The maximum absolute atomic E-state index is 10.3. The highest BCUT2D eigenvalue weighted by atomic mass is 35.5. The molecule has 1 saturated carbocycles. The number of hydrogen-bond acceptors (Lipinski definition) is 8. The summed E-state index contributed by atoms with van der Waals surface area (Å²) in [5.74, 6) is 1.20. The molecule has 2 atom stereocenters. The van der Waals surface area contributed by atoms with E-state index in [4.69, 9.17) is 22.3 Å². The molecule has 4 rings (SSSR count). The molecule has 3 aliphatic rings. The van der Waals surface area contributed by atoms with E-state index < -0.39 is 0 Å². The van der Waals surface area contributed by atoms with Crippen LogP contribution in [-0.2, 0) is 6.54 Å². The smallest absolute Gasteiger partial charge is 0.205 e. The van der Waals surface area contributed by atoms with Gasteiger partial charge in [-0.1, -0.05) is 38.3 Å². The fourth-order valence-electron chi connectivity index (χ4n) is 4.62. The number of anilines is 2. The number of rotatable bonds is 7. The van der Waals surface area contributed by atoms with Gasteiger partial charge in [-0.15, -0.1) is 5.10 Å². The van der Waals surface area contributed by atoms with Crippen LogP contribution in [-0.4, -0.2) is 42.0 Å². The molecule has 34 heavy (non-hydrogen) atoms. The van der Waals surface area contributed by atoms with Crippen LogP contribution in [0.5, 0.6) is 11.5 Å². The fraction of sp³-hybridized carbons (Fsp3) is 0.542. The number of aromatic hydroxyl groups is 2. The third-order valence-electron chi connectivity index (χ3n) is 6.43. The van der Waals surface area contributed by atoms with Gasteiger partial charge in [0.2, 0.25) is 5.95 Å². The number of benzene rings is 1. The van der Waals surface area contributed by atoms with E-state index in [1.54, 1.807) is 0 Å². The van der Waals surface area contributed by atoms with E-state index in [0.29, 0.717) is 23.0 Å². The van der Waals surface area contributed by atoms with Gasteiger partial charge in [-0.05, 0) is 44.7 Å². The first kappa shape index (κ1) is 24.3. The van der Waals surface area contributed by atoms with Crippen LogP contribution in [0.2, 0.25) is 5.02 Å². The van der Waals surface area contributed by atoms with Crippen molar-refractivity contribution in [2.45, 2.75) is 84.0 Å². The number of halogens is 1. The van der Waals surface area contributed by atoms with Gasteiger partial charge in [0, 0.05) is 29.7 Å². The zero-order valence-corrected chi connectivity index (χ0v) is 20.9. The van der Waals surface area contributed by atoms with Crippen molar-refractivity contribution >= 4 is 23.4 Å². The van der Waals surface area contributed by atoms with Crippen LogP contribution in [0.4, 0.5) is 11.8 Å². The average molecular weight is 488 g/mol. The number of nitrogens with one attached hydrogen (secondary N) is 2. The molecule has 2 aliphatic heterocycles. The van der Waals surface area contributed by atoms with Crippen LogP contribution >= 0.6 is 11.6 Å². The maximum atomic E-state index is 10.3. The minimum Gasteiger partial charge on any atom is -0.507 e. The number of hydrogen-bond donors (Lipinski definition) is 5. The highest BCUT2D eigenvalue weighted by Gasteiger charge is 2.30. The number of phenolic OH excluding ortho intramolecular Hbond substituents is 2. The van der Waals surface area contributed by atoms with Gasteiger partial charge in [0.15, 0.2) is 11.5 Å². The Kier molecular flexibility index (Phi) is 7.04. The molecule has 0 bridgehead atoms. The number of aromatic nitrogens is 4. The number of nitrogens with two attached hydrogens (primary N) is 1. The largest absolute Gasteiger partial charge is 0.507 e. The third kappa shape index (κ3) is 4.72. The summed E-state index contributed by atoms with van der Waals surface area (Å²) in [7, 11) is 0. The lowest BCUT2D eigenvalue weighted by molar-refractivity contribution is 0.400. The summed E-state index contributed by atoms with van der Waals surface area (Å²) < 4.78 is 2.15. The molecule has 2 unspecified atom stereocenters. The molecule has 1 fully saturated rings. The van der Waals surface area contributed by atoms with Crippen molar-refractivity contribution in [2.75, 3.05) is 10.6 Å². The van der Waals surface area contributed by atoms with Gasteiger partial charge in [0.1, 0.15) is 11.5 Å². The third-order valence-corrected chi connectivity index (χ3v) is 6.65. The molecule has 0 saturated heterocycles. The Morgan fingerprint density at radius 1 is 1.12 bits per heavy atom. The van der Waals surface area contributed by atoms with Crippen LogP contribution in [0.25, 0.3) is 11.4 Å². The topological polar surface area (TPSA) is 134 Å². The maximum Gasteiger partial charge on any atom is 0.205 e. The van der Waals surface area contributed by atoms with Crippen molar-refractivity contribution in [2.24, 2.45) is 5.73 Å². The summed E-state index contributed by atoms with van der Waals surface area (Å²) in [5, 5.41) is 36.7. The highest BCUT2D eigenvalue weighted by Crippen LogP contribution is 2.39. The predicted molar refractivity (Wildman–Crippen MR) is 135 cm³/mol. The van der Waals surface area contributed by atoms with Crippen molar-refractivity contribution in [1.82, 2.24) is 19.7 Å². The molecule has 0 aromatic heterocycles. The van der Waals surface area contributed by atoms with Crippen molar-refractivity contribution in [1.29, 1.82) is 0 Å². The van der Waals surface area contributed by atoms with E-state index in [1.807, 2.05) is 0 Å². The van der Waals surface area contributed by atoms with E-state index in [1.165, 1.54) is 12.1 Å². The molecule has 1 aromatic rings. The zero-order chi connectivity index (χ0) is 24.6. The Balaban J connectivity index is 1.78. The molecule has 10 heteroatoms. The Labute approximate surface area is 205 Å². The van der Waals surface area contributed by atoms with Crippen molar-refractivity contribution in [3.05, 3.63) is 28.4 Å². The summed E-state index contributed by atoms with van der Waals surface area (Å²) in [4.78, 5) is 4.91. The van der Waals surface area contributed by atoms with Gasteiger partial charge in [0.25, 0.3) is 0 Å². The minimum absolute atomic E-state index is 0.0618. The Morgan fingerprint density at radius 3 is 2.41 bits per heavy atom. The van der Waals surface area contributed by atoms with E-state index in [2.05, 4.69) is 53.1 Å². The van der Waals surface area contributed by atoms with Crippen LogP contribution in [0, 0.1) is 0 Å². The molecule has 6 N–H and O–H groups in total. The summed E-state index contributed by atoms with van der Waals surface area (Å²) >= 11 is 5.93. The number of fused-ring (bicyclic) bond motifs is 1. The second kappa shape index (κ2) is 9.84. The van der Waals surface area contributed by atoms with Crippen LogP contribution in [0.15, 0.2) is 12.1 Å². The SMILES string of the molecule is CC(C)c1nnc2c(NCc3c(O)cc(Cl)cc3O)nc(NC3CCCCC3N)n(C(C)C)c1-2. The fourth-order valence-corrected chi connectivity index (χ4v) is 4.83. The van der Waals surface area contributed by atoms with Crippen molar-refractivity contribution in [3.8, 4) is 22.9 Å². The monoisotopic (exact) mass is 487 g/mol. The lowest BCUT2D eigenvalue weighted by Crippen LogP contribution is -2.43. The average Bonchev–Trinajstić information content (AvgIpc) is 3.19. The second-order valence-corrected chi connectivity index (χ2v) is 10.1. The molecule has 1 aromatic carbocycles. The van der Waals surface area contributed by atoms with Crippen molar-refractivity contribution < 1.29 is 10.2 Å². The normalized spacial score (nSPS) is 18.7. The lowest BCUT2D eigenvalue weighted by Gasteiger charge is -2.32. The van der Waals surface area contributed by atoms with Gasteiger partial charge in [-0.25, -0.2) is 0 Å². The standard InChI is InChI=1S/C24H34ClN7O2/c1-12(2)20-22-21(31-30-20)23(27-11-15-18(33)9-14(25)10-19(15)34)29-24(32(22)13(3)4)28-17-8-6-5-7-16(17)26/h9-10,12-13,16-17,27,33-34H,5-8,11,26H2,1-4H3,(H,28,29). The quantitative estimate of drug-likeness (QED) is 0.319. The van der Waals surface area contributed by atoms with Gasteiger partial charge in [-0.3, -0.25) is 0 Å². The predicted octanol–water partition coefficient (Wildman–Crippen LogP) is 4.84. The molecule has 1 aliphatic carbocycles. The first-order valence-electron chi connectivity index (χ1n) is 11.9. The van der Waals surface area contributed by atoms with Crippen LogP contribution in [0.3, 0.4) is 0 Å². The zero-order valence-electron chi connectivity index (χ0n) is 20.1. The molecule has 184 valence electrons. The summed E-state index contributed by atoms with van der Waals surface area (Å²) in [6.07, 6.45) is 4.25. The minimum atomic E-state index is -0.0927. The van der Waals surface area contributed by atoms with Crippen LogP contribution in [0.1, 0.15) is 76.6 Å². The van der Waals surface area contributed by atoms with E-state index in [0.717, 1.165) is 37.1 Å². The highest BCUT2D eigenvalue weighted by molar-refractivity contribution is 6.30. The first-order valence-corrected chi connectivity index (χ1v) is 12.3. The summed E-state index contributed by atoms with van der Waals surface area (Å²) in [6.45, 7) is 8.54. The molecule has 0 amide bonds. The molecule has 0 radical (unpaired) electrons. The van der Waals surface area contributed by atoms with E-state index in [9.17, 15) is 10.2 Å². The van der Waals surface area contributed by atoms with E-state index >= 15 is 0 Å². The number of phenols is 2. The molecular weight excluding hydrogens is 454 g/mol. The molecule has 0 spiro atoms. The lowest BCUT2D eigenvalue weighted by atomic mass is 9.91. The van der Waals surface area contributed by atoms with Crippen molar-refractivity contribution in [3.63, 3.8) is 0 Å². The number of nitrogens with zero attached hydrogens (tertiary/aromatic N) is 4. The molecule has 2 heterocycles. The second-order valence-electron chi connectivity index (χ2n) is 9.66. The molecular formula is C24H34ClN7O2. The first-order chi connectivity index (χ1) is 16.2. The van der Waals surface area contributed by atoms with Gasteiger partial charge in [-0.2, -0.15) is 10.1 Å². The van der Waals surface area contributed by atoms with Gasteiger partial charge < -0.3 is 31.1 Å². The van der Waals surface area contributed by atoms with Gasteiger partial charge >= 0.3 is 0 Å². The summed E-state index contributed by atoms with van der Waals surface area (Å²) in [5.41, 5.74) is 9.21. The van der Waals surface area contributed by atoms with E-state index in [-0.39, 0.29) is 47.1 Å². The Bertz CT molecular complexity index is 1110. The molecule has 9 nitrogen and oxygen atoms in total. The summed E-state index contributed by atoms with van der Waals surface area (Å²) in [6, 6.07) is 3.09. The Hall–Kier alpha value is -2.78. The van der Waals surface area contributed by atoms with Gasteiger partial charge in [0.05, 0.1) is 17.0 Å². The Morgan fingerprint density at radius 2 is 1.79 bits per heavy atom.